The van der Waals surface area contributed by atoms with Crippen LogP contribution >= 0.6 is 0 Å². The molecule has 0 aliphatic heterocycles. The average molecular weight is 676 g/mol. The zero-order valence-corrected chi connectivity index (χ0v) is 26.5. The number of aliphatic carboxylic acids is 1. The van der Waals surface area contributed by atoms with E-state index >= 15 is 0 Å². The number of hydrogen-bond acceptors (Lipinski definition) is 7. The van der Waals surface area contributed by atoms with Crippen molar-refractivity contribution in [2.24, 2.45) is 0 Å². The molecule has 0 fully saturated rings. The zero-order chi connectivity index (χ0) is 35.2. The van der Waals surface area contributed by atoms with Gasteiger partial charge in [0.15, 0.2) is 0 Å². The molecule has 0 bridgehead atoms. The molecular weight excluding hydrogens is 641 g/mol. The lowest BCUT2D eigenvalue weighted by Gasteiger charge is -2.22. The number of carbonyl (C=O) groups is 2. The predicted octanol–water partition coefficient (Wildman–Crippen LogP) is 6.91. The number of halogens is 5. The Morgan fingerprint density at radius 1 is 0.958 bits per heavy atom. The molecule has 1 heterocycles. The van der Waals surface area contributed by atoms with Gasteiger partial charge >= 0.3 is 12.1 Å². The number of ether oxygens (including phenoxy) is 3. The molecule has 9 nitrogen and oxygen atoms in total. The van der Waals surface area contributed by atoms with Crippen molar-refractivity contribution in [3.63, 3.8) is 0 Å². The minimum atomic E-state index is -4.68. The molecule has 0 aliphatic rings. The standard InChI is InChI=1S/C34H34F5N3O6/c1-5-28(34(37,38)39)41-20-14-23(35)29(24(36)15-20)32(43)42-25(33(44)45)13-19-16-40-31(22-10-8-7-9-21(19)22)30-26(46-3)11-18(17-48-6-2)12-27(30)47-4/h7-12,14-16,25,28,41H,5-6,13,17H2,1-4H3,(H,42,43)(H,44,45)/t25-,28+/m0/s1. The van der Waals surface area contributed by atoms with E-state index in [1.807, 2.05) is 12.2 Å². The summed E-state index contributed by atoms with van der Waals surface area (Å²) in [6.45, 7) is 3.95. The maximum absolute atomic E-state index is 14.9. The van der Waals surface area contributed by atoms with Gasteiger partial charge in [-0.15, -0.1) is 0 Å². The lowest BCUT2D eigenvalue weighted by atomic mass is 9.95. The van der Waals surface area contributed by atoms with Crippen molar-refractivity contribution in [1.82, 2.24) is 10.3 Å². The molecule has 0 saturated carbocycles. The quantitative estimate of drug-likeness (QED) is 0.123. The number of benzene rings is 3. The Morgan fingerprint density at radius 3 is 2.08 bits per heavy atom. The van der Waals surface area contributed by atoms with E-state index in [2.05, 4.69) is 10.3 Å². The number of aromatic nitrogens is 1. The molecule has 0 aliphatic carbocycles. The largest absolute Gasteiger partial charge is 0.496 e. The molecular formula is C34H34F5N3O6. The second-order valence-corrected chi connectivity index (χ2v) is 10.7. The Bertz CT molecular complexity index is 1750. The topological polar surface area (TPSA) is 119 Å². The fourth-order valence-electron chi connectivity index (χ4n) is 5.26. The lowest BCUT2D eigenvalue weighted by Crippen LogP contribution is -2.43. The first-order valence-corrected chi connectivity index (χ1v) is 14.9. The maximum Gasteiger partial charge on any atom is 0.408 e. The molecule has 256 valence electrons. The highest BCUT2D eigenvalue weighted by Gasteiger charge is 2.38. The van der Waals surface area contributed by atoms with Crippen LogP contribution in [-0.4, -0.2) is 61.1 Å². The molecule has 0 saturated heterocycles. The number of carbonyl (C=O) groups excluding carboxylic acids is 1. The molecule has 3 N–H and O–H groups in total. The van der Waals surface area contributed by atoms with Crippen LogP contribution < -0.4 is 20.1 Å². The number of carboxylic acid groups (broad SMARTS) is 1. The van der Waals surface area contributed by atoms with Gasteiger partial charge < -0.3 is 30.0 Å². The SMILES string of the molecule is CCOCc1cc(OC)c(-c2ncc(C[C@H](NC(=O)c3c(F)cc(N[C@H](CC)C(F)(F)F)cc3F)C(=O)O)c3ccccc23)c(OC)c1. The van der Waals surface area contributed by atoms with Gasteiger partial charge in [-0.2, -0.15) is 13.2 Å². The number of alkyl halides is 3. The van der Waals surface area contributed by atoms with E-state index in [1.54, 1.807) is 36.4 Å². The number of hydrogen-bond donors (Lipinski definition) is 3. The molecule has 14 heteroatoms. The molecule has 1 aromatic heterocycles. The monoisotopic (exact) mass is 675 g/mol. The summed E-state index contributed by atoms with van der Waals surface area (Å²) in [5.74, 6) is -4.93. The third-order valence-electron chi connectivity index (χ3n) is 7.59. The van der Waals surface area contributed by atoms with Crippen molar-refractivity contribution < 1.29 is 50.9 Å². The van der Waals surface area contributed by atoms with Crippen LogP contribution in [0.15, 0.2) is 54.7 Å². The number of methoxy groups -OCH3 is 2. The van der Waals surface area contributed by atoms with Crippen molar-refractivity contribution in [1.29, 1.82) is 0 Å². The molecule has 2 atom stereocenters. The normalized spacial score (nSPS) is 12.8. The maximum atomic E-state index is 14.9. The Balaban J connectivity index is 1.66. The van der Waals surface area contributed by atoms with Gasteiger partial charge in [0, 0.05) is 30.3 Å². The first kappa shape index (κ1) is 35.9. The van der Waals surface area contributed by atoms with Gasteiger partial charge in [-0.25, -0.2) is 13.6 Å². The van der Waals surface area contributed by atoms with Gasteiger partial charge in [-0.05, 0) is 54.1 Å². The second-order valence-electron chi connectivity index (χ2n) is 10.7. The van der Waals surface area contributed by atoms with Crippen LogP contribution in [-0.2, 0) is 22.6 Å². The van der Waals surface area contributed by atoms with E-state index in [-0.39, 0.29) is 6.42 Å². The molecule has 0 radical (unpaired) electrons. The average Bonchev–Trinajstić information content (AvgIpc) is 3.04. The van der Waals surface area contributed by atoms with E-state index in [9.17, 15) is 36.6 Å². The van der Waals surface area contributed by atoms with Gasteiger partial charge in [0.05, 0.1) is 32.1 Å². The van der Waals surface area contributed by atoms with Crippen LogP contribution in [0.25, 0.3) is 22.0 Å². The summed E-state index contributed by atoms with van der Waals surface area (Å²) in [6.07, 6.45) is -4.00. The van der Waals surface area contributed by atoms with Crippen LogP contribution in [0.1, 0.15) is 41.8 Å². The van der Waals surface area contributed by atoms with E-state index in [0.717, 1.165) is 5.56 Å². The van der Waals surface area contributed by atoms with E-state index in [4.69, 9.17) is 14.2 Å². The minimum Gasteiger partial charge on any atom is -0.496 e. The molecule has 48 heavy (non-hydrogen) atoms. The third-order valence-corrected chi connectivity index (χ3v) is 7.59. The fourth-order valence-corrected chi connectivity index (χ4v) is 5.26. The highest BCUT2D eigenvalue weighted by Crippen LogP contribution is 2.42. The number of anilines is 1. The summed E-state index contributed by atoms with van der Waals surface area (Å²) in [5.41, 5.74) is 0.533. The highest BCUT2D eigenvalue weighted by molar-refractivity contribution is 6.00. The summed E-state index contributed by atoms with van der Waals surface area (Å²) in [4.78, 5) is 29.8. The number of nitrogens with one attached hydrogen (secondary N) is 2. The van der Waals surface area contributed by atoms with Crippen LogP contribution in [0.4, 0.5) is 27.6 Å². The predicted molar refractivity (Wildman–Crippen MR) is 168 cm³/mol. The van der Waals surface area contributed by atoms with Crippen LogP contribution in [0, 0.1) is 11.6 Å². The lowest BCUT2D eigenvalue weighted by molar-refractivity contribution is -0.143. The zero-order valence-electron chi connectivity index (χ0n) is 26.5. The summed E-state index contributed by atoms with van der Waals surface area (Å²) >= 11 is 0. The summed E-state index contributed by atoms with van der Waals surface area (Å²) in [5, 5.41) is 15.3. The van der Waals surface area contributed by atoms with Gasteiger partial charge in [0.1, 0.15) is 40.8 Å². The molecule has 4 aromatic rings. The Morgan fingerprint density at radius 2 is 1.56 bits per heavy atom. The number of amides is 1. The van der Waals surface area contributed by atoms with Crippen LogP contribution in [0.5, 0.6) is 11.5 Å². The van der Waals surface area contributed by atoms with Crippen molar-refractivity contribution >= 4 is 28.3 Å². The van der Waals surface area contributed by atoms with Crippen molar-refractivity contribution in [3.8, 4) is 22.8 Å². The Kier molecular flexibility index (Phi) is 11.4. The molecule has 3 aromatic carbocycles. The highest BCUT2D eigenvalue weighted by atomic mass is 19.4. The number of carboxylic acids is 1. The van der Waals surface area contributed by atoms with E-state index in [1.165, 1.54) is 27.3 Å². The van der Waals surface area contributed by atoms with Gasteiger partial charge in [-0.1, -0.05) is 31.2 Å². The number of rotatable bonds is 14. The fraction of sp³-hybridized carbons (Fsp3) is 0.324. The first-order chi connectivity index (χ1) is 22.8. The third kappa shape index (κ3) is 7.93. The van der Waals surface area contributed by atoms with Crippen LogP contribution in [0.2, 0.25) is 0 Å². The smallest absolute Gasteiger partial charge is 0.408 e. The summed E-state index contributed by atoms with van der Waals surface area (Å²) in [7, 11) is 3.00. The van der Waals surface area contributed by atoms with E-state index < -0.39 is 59.4 Å². The number of pyridine rings is 1. The first-order valence-electron chi connectivity index (χ1n) is 14.9. The van der Waals surface area contributed by atoms with Crippen molar-refractivity contribution in [3.05, 3.63) is 83.1 Å². The van der Waals surface area contributed by atoms with Gasteiger partial charge in [-0.3, -0.25) is 9.78 Å². The Hall–Kier alpha value is -4.98. The molecule has 0 unspecified atom stereocenters. The van der Waals surface area contributed by atoms with Gasteiger partial charge in [0.2, 0.25) is 0 Å². The Labute approximate surface area is 273 Å². The molecule has 4 rings (SSSR count). The number of nitrogens with zero attached hydrogens (tertiary/aromatic N) is 1. The summed E-state index contributed by atoms with van der Waals surface area (Å²) < 4.78 is 86.1. The van der Waals surface area contributed by atoms with Gasteiger partial charge in [0.25, 0.3) is 5.91 Å². The number of fused-ring (bicyclic) bond motifs is 1. The summed E-state index contributed by atoms with van der Waals surface area (Å²) in [6, 6.07) is 7.93. The van der Waals surface area contributed by atoms with Crippen LogP contribution in [0.3, 0.4) is 0 Å². The molecule has 0 spiro atoms. The minimum absolute atomic E-state index is 0.325. The van der Waals surface area contributed by atoms with E-state index in [0.29, 0.717) is 64.4 Å². The van der Waals surface area contributed by atoms with Crippen molar-refractivity contribution in [2.45, 2.75) is 51.6 Å². The van der Waals surface area contributed by atoms with Crippen molar-refractivity contribution in [2.75, 3.05) is 26.1 Å². The molecule has 1 amide bonds. The second kappa shape index (κ2) is 15.3.